The third kappa shape index (κ3) is 4.63. The van der Waals surface area contributed by atoms with Crippen LogP contribution in [0, 0.1) is 18.3 Å². The van der Waals surface area contributed by atoms with Crippen LogP contribution in [0.1, 0.15) is 43.5 Å². The van der Waals surface area contributed by atoms with Crippen molar-refractivity contribution < 1.29 is 9.59 Å². The number of carbonyl (C=O) groups is 2. The van der Waals surface area contributed by atoms with Crippen LogP contribution in [0.15, 0.2) is 60.8 Å². The maximum absolute atomic E-state index is 13.3. The summed E-state index contributed by atoms with van der Waals surface area (Å²) in [6.07, 6.45) is 1.60. The Bertz CT molecular complexity index is 1290. The van der Waals surface area contributed by atoms with Crippen LogP contribution in [0.2, 0.25) is 10.0 Å². The van der Waals surface area contributed by atoms with Gasteiger partial charge in [-0.15, -0.1) is 0 Å². The van der Waals surface area contributed by atoms with Crippen LogP contribution in [0.3, 0.4) is 0 Å². The summed E-state index contributed by atoms with van der Waals surface area (Å²) in [5.41, 5.74) is 3.04. The second-order valence-electron chi connectivity index (χ2n) is 8.33. The van der Waals surface area contributed by atoms with Gasteiger partial charge in [0.1, 0.15) is 5.69 Å². The van der Waals surface area contributed by atoms with Crippen molar-refractivity contribution in [2.75, 3.05) is 20.1 Å². The molecule has 4 rings (SSSR count). The number of aryl methyl sites for hydroxylation is 1. The van der Waals surface area contributed by atoms with E-state index in [0.717, 1.165) is 11.1 Å². The van der Waals surface area contributed by atoms with Gasteiger partial charge in [0, 0.05) is 37.8 Å². The van der Waals surface area contributed by atoms with Gasteiger partial charge in [0.05, 0.1) is 27.7 Å². The molecule has 172 valence electrons. The Morgan fingerprint density at radius 2 is 1.82 bits per heavy atom. The zero-order chi connectivity index (χ0) is 24.4. The summed E-state index contributed by atoms with van der Waals surface area (Å²) in [6.45, 7) is 2.60. The molecule has 0 aliphatic carbocycles. The van der Waals surface area contributed by atoms with Gasteiger partial charge in [-0.2, -0.15) is 5.26 Å². The van der Waals surface area contributed by atoms with E-state index in [1.54, 1.807) is 65.5 Å². The Morgan fingerprint density at radius 3 is 2.47 bits per heavy atom. The number of amides is 2. The molecule has 6 nitrogen and oxygen atoms in total. The summed E-state index contributed by atoms with van der Waals surface area (Å²) < 4.78 is 0. The van der Waals surface area contributed by atoms with Crippen LogP contribution in [0.4, 0.5) is 0 Å². The van der Waals surface area contributed by atoms with E-state index in [1.807, 2.05) is 19.1 Å². The minimum absolute atomic E-state index is 0.160. The van der Waals surface area contributed by atoms with Crippen LogP contribution >= 0.6 is 23.2 Å². The first-order chi connectivity index (χ1) is 16.3. The molecule has 0 N–H and O–H groups in total. The summed E-state index contributed by atoms with van der Waals surface area (Å²) in [5, 5.41) is 9.90. The smallest absolute Gasteiger partial charge is 0.272 e. The number of likely N-dealkylation sites (tertiary alicyclic amines) is 1. The topological polar surface area (TPSA) is 77.3 Å². The molecule has 2 aromatic carbocycles. The average molecular weight is 493 g/mol. The zero-order valence-corrected chi connectivity index (χ0v) is 20.2. The van der Waals surface area contributed by atoms with Gasteiger partial charge < -0.3 is 9.80 Å². The minimum Gasteiger partial charge on any atom is -0.336 e. The lowest BCUT2D eigenvalue weighted by molar-refractivity contribution is 0.0691. The van der Waals surface area contributed by atoms with Crippen LogP contribution in [-0.4, -0.2) is 52.8 Å². The summed E-state index contributed by atoms with van der Waals surface area (Å²) in [4.78, 5) is 34.3. The number of benzene rings is 2. The molecule has 1 aliphatic rings. The summed E-state index contributed by atoms with van der Waals surface area (Å²) in [7, 11) is 1.74. The fraction of sp³-hybridized carbons (Fsp3) is 0.231. The third-order valence-corrected chi connectivity index (χ3v) is 6.98. The quantitative estimate of drug-likeness (QED) is 0.516. The monoisotopic (exact) mass is 492 g/mol. The van der Waals surface area contributed by atoms with Crippen molar-refractivity contribution in [3.8, 4) is 6.07 Å². The number of halogens is 2. The number of carbonyl (C=O) groups excluding carboxylic acids is 2. The van der Waals surface area contributed by atoms with Crippen molar-refractivity contribution in [3.63, 3.8) is 0 Å². The predicted molar refractivity (Wildman–Crippen MR) is 131 cm³/mol. The third-order valence-electron chi connectivity index (χ3n) is 6.24. The van der Waals surface area contributed by atoms with E-state index >= 15 is 0 Å². The Labute approximate surface area is 208 Å². The van der Waals surface area contributed by atoms with Gasteiger partial charge in [-0.1, -0.05) is 35.3 Å². The van der Waals surface area contributed by atoms with Gasteiger partial charge in [-0.3, -0.25) is 14.6 Å². The first kappa shape index (κ1) is 23.7. The lowest BCUT2D eigenvalue weighted by Gasteiger charge is -2.29. The lowest BCUT2D eigenvalue weighted by Crippen LogP contribution is -2.42. The highest BCUT2D eigenvalue weighted by Crippen LogP contribution is 2.35. The Balaban J connectivity index is 1.67. The molecule has 0 spiro atoms. The number of hydrogen-bond acceptors (Lipinski definition) is 4. The Hall–Kier alpha value is -3.40. The van der Waals surface area contributed by atoms with Gasteiger partial charge in [-0.05, 0) is 60.5 Å². The number of nitriles is 1. The van der Waals surface area contributed by atoms with E-state index in [9.17, 15) is 9.59 Å². The van der Waals surface area contributed by atoms with E-state index in [4.69, 9.17) is 28.5 Å². The molecule has 2 heterocycles. The van der Waals surface area contributed by atoms with Crippen molar-refractivity contribution in [2.24, 2.45) is 0 Å². The van der Waals surface area contributed by atoms with E-state index in [0.29, 0.717) is 40.0 Å². The fourth-order valence-electron chi connectivity index (χ4n) is 4.31. The number of pyridine rings is 1. The predicted octanol–water partition coefficient (Wildman–Crippen LogP) is 4.95. The van der Waals surface area contributed by atoms with Gasteiger partial charge in [0.2, 0.25) is 0 Å². The number of rotatable bonds is 4. The second kappa shape index (κ2) is 9.84. The van der Waals surface area contributed by atoms with Crippen LogP contribution in [0.25, 0.3) is 0 Å². The highest BCUT2D eigenvalue weighted by atomic mass is 35.5. The van der Waals surface area contributed by atoms with Gasteiger partial charge in [0.15, 0.2) is 0 Å². The van der Waals surface area contributed by atoms with Crippen LogP contribution in [0.5, 0.6) is 0 Å². The molecule has 3 aromatic rings. The molecule has 8 heteroatoms. The molecule has 1 saturated heterocycles. The lowest BCUT2D eigenvalue weighted by atomic mass is 9.93. The number of hydrogen-bond donors (Lipinski definition) is 0. The van der Waals surface area contributed by atoms with Crippen LogP contribution in [-0.2, 0) is 0 Å². The van der Waals surface area contributed by atoms with E-state index in [1.165, 1.54) is 0 Å². The normalized spacial score (nSPS) is 17.3. The molecule has 0 radical (unpaired) electrons. The van der Waals surface area contributed by atoms with Crippen LogP contribution < -0.4 is 0 Å². The van der Waals surface area contributed by atoms with Crippen molar-refractivity contribution in [3.05, 3.63) is 98.8 Å². The number of aromatic nitrogens is 1. The van der Waals surface area contributed by atoms with Crippen molar-refractivity contribution in [1.82, 2.24) is 14.8 Å². The van der Waals surface area contributed by atoms with Gasteiger partial charge in [-0.25, -0.2) is 0 Å². The summed E-state index contributed by atoms with van der Waals surface area (Å²) in [5.74, 6) is -0.539. The molecule has 1 fully saturated rings. The molecule has 34 heavy (non-hydrogen) atoms. The molecule has 1 aliphatic heterocycles. The van der Waals surface area contributed by atoms with Crippen molar-refractivity contribution in [1.29, 1.82) is 5.26 Å². The highest BCUT2D eigenvalue weighted by Gasteiger charge is 2.41. The number of likely N-dealkylation sites (N-methyl/N-ethyl adjacent to an activating group) is 1. The van der Waals surface area contributed by atoms with Crippen molar-refractivity contribution >= 4 is 35.0 Å². The SMILES string of the molecule is Cc1cccnc1C(=O)N(C)[C@@H]1CN(C(=O)c2ccc(C#N)cc2)C[C@H]1c1ccc(Cl)c(Cl)c1. The molecule has 2 atom stereocenters. The molecular formula is C26H22Cl2N4O2. The standard InChI is InChI=1S/C26H22Cl2N4O2/c1-16-4-3-11-30-24(16)26(34)31(2)23-15-32(25(33)18-7-5-17(13-29)6-8-18)14-20(23)19-9-10-21(27)22(28)12-19/h3-12,20,23H,14-15H2,1-2H3/t20-,23+/m0/s1. The highest BCUT2D eigenvalue weighted by molar-refractivity contribution is 6.42. The first-order valence-corrected chi connectivity index (χ1v) is 11.5. The van der Waals surface area contributed by atoms with Gasteiger partial charge >= 0.3 is 0 Å². The number of nitrogens with zero attached hydrogens (tertiary/aromatic N) is 4. The molecule has 1 aromatic heterocycles. The minimum atomic E-state index is -0.298. The Morgan fingerprint density at radius 1 is 1.09 bits per heavy atom. The maximum Gasteiger partial charge on any atom is 0.272 e. The van der Waals surface area contributed by atoms with E-state index in [-0.39, 0.29) is 23.8 Å². The Kier molecular flexibility index (Phi) is 6.87. The van der Waals surface area contributed by atoms with E-state index in [2.05, 4.69) is 11.1 Å². The molecule has 2 amide bonds. The zero-order valence-electron chi connectivity index (χ0n) is 18.7. The molecule has 0 unspecified atom stereocenters. The fourth-order valence-corrected chi connectivity index (χ4v) is 4.62. The molecule has 0 bridgehead atoms. The van der Waals surface area contributed by atoms with Gasteiger partial charge in [0.25, 0.3) is 11.8 Å². The first-order valence-electron chi connectivity index (χ1n) is 10.7. The second-order valence-corrected chi connectivity index (χ2v) is 9.15. The summed E-state index contributed by atoms with van der Waals surface area (Å²) in [6, 6.07) is 17.3. The van der Waals surface area contributed by atoms with Crippen molar-refractivity contribution in [2.45, 2.75) is 18.9 Å². The largest absolute Gasteiger partial charge is 0.336 e. The maximum atomic E-state index is 13.3. The average Bonchev–Trinajstić information content (AvgIpc) is 3.30. The molecule has 0 saturated carbocycles. The van der Waals surface area contributed by atoms with E-state index < -0.39 is 0 Å². The summed E-state index contributed by atoms with van der Waals surface area (Å²) >= 11 is 12.4. The molecular weight excluding hydrogens is 471 g/mol.